The summed E-state index contributed by atoms with van der Waals surface area (Å²) < 4.78 is 10.3. The Balaban J connectivity index is 1.50. The number of hydrogen-bond acceptors (Lipinski definition) is 6. The zero-order chi connectivity index (χ0) is 18.6. The van der Waals surface area contributed by atoms with Crippen molar-refractivity contribution in [3.8, 4) is 22.8 Å². The Morgan fingerprint density at radius 2 is 2.11 bits per heavy atom. The number of aromatic amines is 2. The van der Waals surface area contributed by atoms with Crippen LogP contribution in [0.4, 0.5) is 5.69 Å². The van der Waals surface area contributed by atoms with E-state index in [1.165, 1.54) is 0 Å². The highest BCUT2D eigenvalue weighted by Crippen LogP contribution is 2.21. The average molecular weight is 364 g/mol. The van der Waals surface area contributed by atoms with E-state index in [2.05, 4.69) is 30.7 Å². The Kier molecular flexibility index (Phi) is 4.50. The van der Waals surface area contributed by atoms with E-state index in [1.54, 1.807) is 43.7 Å². The lowest BCUT2D eigenvalue weighted by atomic mass is 10.2. The largest absolute Gasteiger partial charge is 0.463 e. The first-order chi connectivity index (χ1) is 13.2. The zero-order valence-electron chi connectivity index (χ0n) is 14.4. The molecule has 4 aromatic rings. The molecule has 4 rings (SSSR count). The molecule has 0 saturated carbocycles. The molecule has 0 bridgehead atoms. The lowest BCUT2D eigenvalue weighted by molar-refractivity contribution is 0.102. The normalized spacial score (nSPS) is 10.9. The number of ether oxygens (including phenoxy) is 1. The summed E-state index contributed by atoms with van der Waals surface area (Å²) >= 11 is 0. The number of nitrogens with zero attached hydrogens (tertiary/aromatic N) is 3. The van der Waals surface area contributed by atoms with Gasteiger partial charge in [0.15, 0.2) is 23.1 Å². The number of hydrogen-bond donors (Lipinski definition) is 3. The van der Waals surface area contributed by atoms with Crippen LogP contribution in [0.2, 0.25) is 0 Å². The molecule has 136 valence electrons. The summed E-state index contributed by atoms with van der Waals surface area (Å²) in [5.41, 5.74) is 2.26. The minimum Gasteiger partial charge on any atom is -0.463 e. The Labute approximate surface area is 153 Å². The summed E-state index contributed by atoms with van der Waals surface area (Å²) in [4.78, 5) is 16.8. The smallest absolute Gasteiger partial charge is 0.276 e. The summed E-state index contributed by atoms with van der Waals surface area (Å²) in [6.07, 6.45) is 1.56. The first kappa shape index (κ1) is 16.7. The van der Waals surface area contributed by atoms with Crippen molar-refractivity contribution in [3.05, 3.63) is 60.2 Å². The van der Waals surface area contributed by atoms with Gasteiger partial charge in [-0.15, -0.1) is 0 Å². The third-order valence-electron chi connectivity index (χ3n) is 3.79. The van der Waals surface area contributed by atoms with Crippen LogP contribution in [0.25, 0.3) is 22.8 Å². The molecule has 3 N–H and O–H groups in total. The van der Waals surface area contributed by atoms with Crippen LogP contribution in [-0.2, 0) is 11.3 Å². The maximum Gasteiger partial charge on any atom is 0.276 e. The van der Waals surface area contributed by atoms with Crippen LogP contribution in [0.5, 0.6) is 0 Å². The highest BCUT2D eigenvalue weighted by molar-refractivity contribution is 6.03. The summed E-state index contributed by atoms with van der Waals surface area (Å²) in [5, 5.41) is 16.6. The van der Waals surface area contributed by atoms with Crippen molar-refractivity contribution in [2.24, 2.45) is 0 Å². The molecule has 0 aliphatic rings. The molecule has 3 heterocycles. The number of methoxy groups -OCH3 is 1. The summed E-state index contributed by atoms with van der Waals surface area (Å²) in [7, 11) is 1.59. The lowest BCUT2D eigenvalue weighted by Gasteiger charge is -2.04. The fourth-order valence-corrected chi connectivity index (χ4v) is 2.55. The summed E-state index contributed by atoms with van der Waals surface area (Å²) in [5.74, 6) is 1.43. The van der Waals surface area contributed by atoms with Crippen molar-refractivity contribution in [1.82, 2.24) is 25.4 Å². The van der Waals surface area contributed by atoms with Gasteiger partial charge in [0.1, 0.15) is 12.3 Å². The van der Waals surface area contributed by atoms with E-state index in [0.717, 1.165) is 5.56 Å². The quantitative estimate of drug-likeness (QED) is 0.484. The predicted octanol–water partition coefficient (Wildman–Crippen LogP) is 2.85. The molecule has 1 amide bonds. The molecule has 0 saturated heterocycles. The van der Waals surface area contributed by atoms with Crippen LogP contribution in [-0.4, -0.2) is 38.4 Å². The highest BCUT2D eigenvalue weighted by Gasteiger charge is 2.14. The number of benzene rings is 1. The number of furan rings is 1. The van der Waals surface area contributed by atoms with Crippen LogP contribution in [0.15, 0.2) is 53.1 Å². The Hall–Kier alpha value is -3.72. The van der Waals surface area contributed by atoms with Crippen molar-refractivity contribution in [2.75, 3.05) is 12.4 Å². The van der Waals surface area contributed by atoms with Crippen LogP contribution in [0, 0.1) is 0 Å². The number of carbonyl (C=O) groups is 1. The number of amides is 1. The molecule has 3 aromatic heterocycles. The van der Waals surface area contributed by atoms with Crippen molar-refractivity contribution in [2.45, 2.75) is 6.61 Å². The topological polar surface area (TPSA) is 122 Å². The Morgan fingerprint density at radius 3 is 2.93 bits per heavy atom. The molecule has 0 radical (unpaired) electrons. The van der Waals surface area contributed by atoms with E-state index in [0.29, 0.717) is 35.4 Å². The van der Waals surface area contributed by atoms with E-state index in [4.69, 9.17) is 9.15 Å². The molecule has 0 aliphatic heterocycles. The number of anilines is 1. The second-order valence-corrected chi connectivity index (χ2v) is 5.72. The molecule has 0 aliphatic carbocycles. The number of nitrogens with one attached hydrogen (secondary N) is 3. The molecule has 0 spiro atoms. The zero-order valence-corrected chi connectivity index (χ0v) is 14.4. The van der Waals surface area contributed by atoms with Gasteiger partial charge < -0.3 is 14.5 Å². The monoisotopic (exact) mass is 364 g/mol. The van der Waals surface area contributed by atoms with Crippen molar-refractivity contribution >= 4 is 11.6 Å². The molecule has 1 aromatic carbocycles. The minimum atomic E-state index is -0.337. The fraction of sp³-hybridized carbons (Fsp3) is 0.111. The Bertz CT molecular complexity index is 1050. The second kappa shape index (κ2) is 7.26. The number of carbonyl (C=O) groups excluding carboxylic acids is 1. The summed E-state index contributed by atoms with van der Waals surface area (Å²) in [6, 6.07) is 12.4. The maximum absolute atomic E-state index is 12.5. The average Bonchev–Trinajstić information content (AvgIpc) is 3.43. The van der Waals surface area contributed by atoms with Crippen LogP contribution in [0.3, 0.4) is 0 Å². The van der Waals surface area contributed by atoms with Gasteiger partial charge in [-0.1, -0.05) is 12.1 Å². The van der Waals surface area contributed by atoms with E-state index in [9.17, 15) is 4.79 Å². The van der Waals surface area contributed by atoms with Gasteiger partial charge in [0, 0.05) is 24.4 Å². The lowest BCUT2D eigenvalue weighted by Crippen LogP contribution is -2.12. The van der Waals surface area contributed by atoms with Gasteiger partial charge in [-0.05, 0) is 24.3 Å². The van der Waals surface area contributed by atoms with Gasteiger partial charge in [0.25, 0.3) is 5.91 Å². The van der Waals surface area contributed by atoms with Crippen molar-refractivity contribution < 1.29 is 13.9 Å². The molecule has 27 heavy (non-hydrogen) atoms. The molecular weight excluding hydrogens is 348 g/mol. The predicted molar refractivity (Wildman–Crippen MR) is 96.8 cm³/mol. The standard InChI is InChI=1S/C18H16N6O3/c1-26-10-16-20-17(24-23-16)11-4-2-5-12(8-11)19-18(25)14-9-13(21-22-14)15-6-3-7-27-15/h2-9H,10H2,1H3,(H,19,25)(H,21,22)(H,20,23,24). The van der Waals surface area contributed by atoms with E-state index in [1.807, 2.05) is 12.1 Å². The first-order valence-electron chi connectivity index (χ1n) is 8.14. The first-order valence-corrected chi connectivity index (χ1v) is 8.14. The third-order valence-corrected chi connectivity index (χ3v) is 3.79. The van der Waals surface area contributed by atoms with Gasteiger partial charge >= 0.3 is 0 Å². The van der Waals surface area contributed by atoms with Crippen molar-refractivity contribution in [1.29, 1.82) is 0 Å². The van der Waals surface area contributed by atoms with Crippen LogP contribution in [0.1, 0.15) is 16.3 Å². The molecule has 0 fully saturated rings. The van der Waals surface area contributed by atoms with Gasteiger partial charge in [0.2, 0.25) is 0 Å². The SMILES string of the molecule is COCc1nc(-c2cccc(NC(=O)c3cc(-c4ccco4)[nH]n3)c2)n[nH]1. The van der Waals surface area contributed by atoms with Crippen molar-refractivity contribution in [3.63, 3.8) is 0 Å². The third kappa shape index (κ3) is 3.62. The second-order valence-electron chi connectivity index (χ2n) is 5.72. The van der Waals surface area contributed by atoms with Crippen LogP contribution < -0.4 is 5.32 Å². The fourth-order valence-electron chi connectivity index (χ4n) is 2.55. The molecule has 9 heteroatoms. The Morgan fingerprint density at radius 1 is 1.19 bits per heavy atom. The number of rotatable bonds is 6. The van der Waals surface area contributed by atoms with Gasteiger partial charge in [-0.25, -0.2) is 4.98 Å². The highest BCUT2D eigenvalue weighted by atomic mass is 16.5. The van der Waals surface area contributed by atoms with E-state index in [-0.39, 0.29) is 11.6 Å². The molecule has 9 nitrogen and oxygen atoms in total. The van der Waals surface area contributed by atoms with Crippen LogP contribution >= 0.6 is 0 Å². The number of H-pyrrole nitrogens is 2. The van der Waals surface area contributed by atoms with Gasteiger partial charge in [-0.2, -0.15) is 10.2 Å². The minimum absolute atomic E-state index is 0.257. The van der Waals surface area contributed by atoms with E-state index >= 15 is 0 Å². The molecule has 0 unspecified atom stereocenters. The van der Waals surface area contributed by atoms with Gasteiger partial charge in [-0.3, -0.25) is 15.0 Å². The summed E-state index contributed by atoms with van der Waals surface area (Å²) in [6.45, 7) is 0.348. The number of aromatic nitrogens is 5. The molecular formula is C18H16N6O3. The maximum atomic E-state index is 12.5. The van der Waals surface area contributed by atoms with E-state index < -0.39 is 0 Å². The van der Waals surface area contributed by atoms with Gasteiger partial charge in [0.05, 0.1) is 6.26 Å². The molecule has 0 atom stereocenters.